The summed E-state index contributed by atoms with van der Waals surface area (Å²) in [7, 11) is 0.0972. The van der Waals surface area contributed by atoms with Crippen LogP contribution < -0.4 is 15.5 Å². The number of carbonyl (C=O) groups excluding carboxylic acids is 2. The molecular weight excluding hydrogens is 378 g/mol. The summed E-state index contributed by atoms with van der Waals surface area (Å²) >= 11 is 1.09. The van der Waals surface area contributed by atoms with E-state index >= 15 is 0 Å². The zero-order valence-corrected chi connectivity index (χ0v) is 16.2. The Morgan fingerprint density at radius 1 is 1.19 bits per heavy atom. The average Bonchev–Trinajstić information content (AvgIpc) is 3.28. The number of amides is 2. The summed E-state index contributed by atoms with van der Waals surface area (Å²) in [6.45, 7) is 0.753. The Bertz CT molecular complexity index is 814. The van der Waals surface area contributed by atoms with Gasteiger partial charge >= 0.3 is 11.8 Å². The van der Waals surface area contributed by atoms with E-state index in [1.165, 1.54) is 18.4 Å². The van der Waals surface area contributed by atoms with Crippen molar-refractivity contribution in [2.45, 2.75) is 9.46 Å². The standard InChI is InChI=1S/C16H21N3O5S2/c1-19(2)8-7-17-15(20)16(21)18-11-13(12-5-3-9-24-12)26(22,23)14-6-4-10-25-14/h3-6,9-10,13H,7-8,11H2,1-2H3,(H,17,20)(H,18,21)/p+1/t13-/m0/s1. The molecule has 8 nitrogen and oxygen atoms in total. The van der Waals surface area contributed by atoms with E-state index in [1.807, 2.05) is 14.1 Å². The van der Waals surface area contributed by atoms with Crippen LogP contribution in [0.4, 0.5) is 0 Å². The first-order chi connectivity index (χ1) is 12.3. The Morgan fingerprint density at radius 2 is 1.92 bits per heavy atom. The average molecular weight is 401 g/mol. The van der Waals surface area contributed by atoms with Crippen molar-refractivity contribution >= 4 is 33.0 Å². The highest BCUT2D eigenvalue weighted by molar-refractivity contribution is 7.93. The van der Waals surface area contributed by atoms with Gasteiger partial charge < -0.3 is 20.0 Å². The first-order valence-electron chi connectivity index (χ1n) is 7.98. The van der Waals surface area contributed by atoms with E-state index in [2.05, 4.69) is 10.6 Å². The van der Waals surface area contributed by atoms with Crippen molar-refractivity contribution < 1.29 is 27.3 Å². The van der Waals surface area contributed by atoms with Crippen LogP contribution in [-0.4, -0.2) is 54.0 Å². The van der Waals surface area contributed by atoms with Gasteiger partial charge in [-0.25, -0.2) is 8.42 Å². The number of rotatable bonds is 8. The molecule has 0 aliphatic heterocycles. The molecule has 0 radical (unpaired) electrons. The molecule has 142 valence electrons. The Hall–Kier alpha value is -2.17. The minimum atomic E-state index is -3.76. The molecule has 2 amide bonds. The fourth-order valence-electron chi connectivity index (χ4n) is 2.18. The zero-order valence-electron chi connectivity index (χ0n) is 14.5. The van der Waals surface area contributed by atoms with Crippen LogP contribution >= 0.6 is 11.3 Å². The van der Waals surface area contributed by atoms with Crippen molar-refractivity contribution in [2.24, 2.45) is 0 Å². The van der Waals surface area contributed by atoms with Crippen LogP contribution in [0, 0.1) is 0 Å². The SMILES string of the molecule is C[NH+](C)CCNC(=O)C(=O)NC[C@@H](c1ccco1)S(=O)(=O)c1cccs1. The molecular formula is C16H22N3O5S2+. The van der Waals surface area contributed by atoms with Gasteiger partial charge in [0.25, 0.3) is 0 Å². The summed E-state index contributed by atoms with van der Waals surface area (Å²) in [6, 6.07) is 6.23. The van der Waals surface area contributed by atoms with Gasteiger partial charge in [-0.3, -0.25) is 9.59 Å². The second-order valence-corrected chi connectivity index (χ2v) is 9.21. The molecule has 0 unspecified atom stereocenters. The molecule has 0 saturated heterocycles. The van der Waals surface area contributed by atoms with E-state index in [1.54, 1.807) is 17.5 Å². The maximum Gasteiger partial charge on any atom is 0.309 e. The summed E-state index contributed by atoms with van der Waals surface area (Å²) in [5.41, 5.74) is 0. The van der Waals surface area contributed by atoms with E-state index < -0.39 is 26.9 Å². The van der Waals surface area contributed by atoms with Crippen LogP contribution in [0.1, 0.15) is 11.0 Å². The fraction of sp³-hybridized carbons (Fsp3) is 0.375. The minimum Gasteiger partial charge on any atom is -0.468 e. The highest BCUT2D eigenvalue weighted by atomic mass is 32.2. The number of nitrogens with one attached hydrogen (secondary N) is 3. The first-order valence-corrected chi connectivity index (χ1v) is 10.4. The normalized spacial score (nSPS) is 12.7. The molecule has 0 saturated carbocycles. The van der Waals surface area contributed by atoms with Crippen molar-refractivity contribution in [1.29, 1.82) is 0 Å². The molecule has 2 heterocycles. The van der Waals surface area contributed by atoms with Gasteiger partial charge in [-0.1, -0.05) is 6.07 Å². The number of sulfone groups is 1. The lowest BCUT2D eigenvalue weighted by atomic mass is 10.3. The van der Waals surface area contributed by atoms with Crippen molar-refractivity contribution in [3.05, 3.63) is 41.7 Å². The van der Waals surface area contributed by atoms with Crippen molar-refractivity contribution in [2.75, 3.05) is 33.7 Å². The molecule has 0 bridgehead atoms. The highest BCUT2D eigenvalue weighted by Gasteiger charge is 2.33. The Balaban J connectivity index is 2.05. The van der Waals surface area contributed by atoms with Crippen LogP contribution in [0.5, 0.6) is 0 Å². The van der Waals surface area contributed by atoms with Gasteiger partial charge in [-0.05, 0) is 23.6 Å². The van der Waals surface area contributed by atoms with E-state index in [0.29, 0.717) is 13.1 Å². The molecule has 2 rings (SSSR count). The first kappa shape index (κ1) is 20.1. The predicted molar refractivity (Wildman–Crippen MR) is 96.7 cm³/mol. The summed E-state index contributed by atoms with van der Waals surface area (Å²) in [6.07, 6.45) is 1.37. The van der Waals surface area contributed by atoms with Gasteiger partial charge in [0.15, 0.2) is 9.84 Å². The molecule has 1 atom stereocenters. The van der Waals surface area contributed by atoms with Crippen molar-refractivity contribution in [3.63, 3.8) is 0 Å². The molecule has 0 aliphatic carbocycles. The lowest BCUT2D eigenvalue weighted by Gasteiger charge is -2.15. The monoisotopic (exact) mass is 400 g/mol. The topological polar surface area (TPSA) is 110 Å². The van der Waals surface area contributed by atoms with Gasteiger partial charge in [-0.2, -0.15) is 0 Å². The smallest absolute Gasteiger partial charge is 0.309 e. The summed E-state index contributed by atoms with van der Waals surface area (Å²) < 4.78 is 31.0. The van der Waals surface area contributed by atoms with E-state index in [-0.39, 0.29) is 16.5 Å². The summed E-state index contributed by atoms with van der Waals surface area (Å²) in [4.78, 5) is 24.9. The van der Waals surface area contributed by atoms with Crippen LogP contribution in [0.25, 0.3) is 0 Å². The molecule has 10 heteroatoms. The maximum atomic E-state index is 12.8. The van der Waals surface area contributed by atoms with Gasteiger partial charge in [-0.15, -0.1) is 11.3 Å². The quantitative estimate of drug-likeness (QED) is 0.504. The Labute approximate surface area is 156 Å². The Morgan fingerprint density at radius 3 is 2.50 bits per heavy atom. The van der Waals surface area contributed by atoms with E-state index in [4.69, 9.17) is 4.42 Å². The van der Waals surface area contributed by atoms with Crippen LogP contribution in [0.15, 0.2) is 44.5 Å². The van der Waals surface area contributed by atoms with Crippen molar-refractivity contribution in [1.82, 2.24) is 10.6 Å². The third-order valence-corrected chi connectivity index (χ3v) is 7.07. The Kier molecular flexibility index (Phi) is 6.95. The molecule has 2 aromatic heterocycles. The number of carbonyl (C=O) groups is 2. The third kappa shape index (κ3) is 5.16. The summed E-state index contributed by atoms with van der Waals surface area (Å²) in [5.74, 6) is -1.47. The van der Waals surface area contributed by atoms with E-state index in [9.17, 15) is 18.0 Å². The fourth-order valence-corrected chi connectivity index (χ4v) is 4.97. The van der Waals surface area contributed by atoms with Gasteiger partial charge in [0, 0.05) is 6.54 Å². The van der Waals surface area contributed by atoms with Crippen LogP contribution in [-0.2, 0) is 19.4 Å². The molecule has 0 fully saturated rings. The van der Waals surface area contributed by atoms with Crippen molar-refractivity contribution in [3.8, 4) is 0 Å². The van der Waals surface area contributed by atoms with Crippen LogP contribution in [0.2, 0.25) is 0 Å². The number of likely N-dealkylation sites (N-methyl/N-ethyl adjacent to an activating group) is 1. The number of furan rings is 1. The summed E-state index contributed by atoms with van der Waals surface area (Å²) in [5, 5.41) is 5.43. The van der Waals surface area contributed by atoms with Crippen LogP contribution in [0.3, 0.4) is 0 Å². The highest BCUT2D eigenvalue weighted by Crippen LogP contribution is 2.31. The molecule has 0 spiro atoms. The second-order valence-electron chi connectivity index (χ2n) is 5.90. The van der Waals surface area contributed by atoms with Gasteiger partial charge in [0.1, 0.15) is 15.2 Å². The number of quaternary nitrogens is 1. The lowest BCUT2D eigenvalue weighted by Crippen LogP contribution is -3.06. The second kappa shape index (κ2) is 8.97. The lowest BCUT2D eigenvalue weighted by molar-refractivity contribution is -0.856. The molecule has 3 N–H and O–H groups in total. The predicted octanol–water partition coefficient (Wildman–Crippen LogP) is -0.767. The molecule has 0 aromatic carbocycles. The molecule has 2 aromatic rings. The number of hydrogen-bond donors (Lipinski definition) is 3. The van der Waals surface area contributed by atoms with Gasteiger partial charge in [0.05, 0.1) is 33.4 Å². The number of thiophene rings is 1. The largest absolute Gasteiger partial charge is 0.468 e. The maximum absolute atomic E-state index is 12.8. The third-order valence-electron chi connectivity index (χ3n) is 3.58. The van der Waals surface area contributed by atoms with E-state index in [0.717, 1.165) is 16.2 Å². The van der Waals surface area contributed by atoms with Gasteiger partial charge in [0.2, 0.25) is 0 Å². The molecule has 26 heavy (non-hydrogen) atoms. The number of hydrogen-bond acceptors (Lipinski definition) is 6. The minimum absolute atomic E-state index is 0.173. The molecule has 0 aliphatic rings. The zero-order chi connectivity index (χ0) is 19.2.